The third kappa shape index (κ3) is 29.0. The number of carbonyl (C=O) groups is 4. The molecule has 0 bridgehead atoms. The maximum absolute atomic E-state index is 12.8. The van der Waals surface area contributed by atoms with Crippen LogP contribution in [0.2, 0.25) is 0 Å². The number of fused-ring (bicyclic) bond motifs is 16. The monoisotopic (exact) mass is 2170 g/mol. The fourth-order valence-electron chi connectivity index (χ4n) is 18.2. The molecular weight excluding hydrogens is 2070 g/mol. The van der Waals surface area contributed by atoms with Crippen molar-refractivity contribution in [3.63, 3.8) is 0 Å². The number of hydrogen-bond donors (Lipinski definition) is 1. The number of sulfonamides is 2. The summed E-state index contributed by atoms with van der Waals surface area (Å²) in [6, 6.07) is 67.2. The van der Waals surface area contributed by atoms with Gasteiger partial charge in [-0.3, -0.25) is 39.1 Å². The molecule has 0 amide bonds. The van der Waals surface area contributed by atoms with Gasteiger partial charge in [-0.25, -0.2) is 16.8 Å². The van der Waals surface area contributed by atoms with Gasteiger partial charge in [-0.2, -0.15) is 35.4 Å². The van der Waals surface area contributed by atoms with Gasteiger partial charge in [-0.1, -0.05) is 148 Å². The zero-order valence-electron chi connectivity index (χ0n) is 74.9. The first kappa shape index (κ1) is 112. The van der Waals surface area contributed by atoms with E-state index in [2.05, 4.69) is 141 Å². The smallest absolute Gasteiger partial charge is 1.00 e. The van der Waals surface area contributed by atoms with Gasteiger partial charge < -0.3 is 40.2 Å². The molecule has 35 heteroatoms. The molecule has 5 fully saturated rings. The quantitative estimate of drug-likeness (QED) is 0.0350. The summed E-state index contributed by atoms with van der Waals surface area (Å²) in [6.45, 7) is 15.7. The first-order chi connectivity index (χ1) is 60.5. The van der Waals surface area contributed by atoms with Crippen LogP contribution < -0.4 is 118 Å². The van der Waals surface area contributed by atoms with Crippen LogP contribution >= 0.6 is 0 Å². The molecule has 0 spiro atoms. The van der Waals surface area contributed by atoms with Crippen molar-refractivity contribution in [1.82, 2.24) is 19.9 Å². The normalized spacial score (nSPS) is 20.2. The number of carbonyl (C=O) groups excluding carboxylic acids is 3. The molecule has 1 aliphatic heterocycles. The van der Waals surface area contributed by atoms with Crippen molar-refractivity contribution >= 4 is 187 Å². The minimum atomic E-state index is -3.86. The summed E-state index contributed by atoms with van der Waals surface area (Å²) in [6.07, 6.45) is 23.6. The number of hydrogen-bond acceptors (Lipinski definition) is 19. The molecule has 20 nitrogen and oxygen atoms in total. The van der Waals surface area contributed by atoms with Crippen LogP contribution in [0.25, 0.3) is 52.8 Å². The summed E-state index contributed by atoms with van der Waals surface area (Å²) in [5.41, 5.74) is 9.85. The van der Waals surface area contributed by atoms with Gasteiger partial charge in [-0.15, -0.1) is 11.4 Å². The van der Waals surface area contributed by atoms with Gasteiger partial charge in [0.05, 0.1) is 39.1 Å². The zero-order valence-corrected chi connectivity index (χ0v) is 91.4. The number of ether oxygens (including phenoxy) is 1. The van der Waals surface area contributed by atoms with Gasteiger partial charge >= 0.3 is 130 Å². The van der Waals surface area contributed by atoms with Crippen molar-refractivity contribution in [3.8, 4) is 5.75 Å². The van der Waals surface area contributed by atoms with E-state index in [1.54, 1.807) is 139 Å². The fourth-order valence-corrected chi connectivity index (χ4v) is 31.1. The van der Waals surface area contributed by atoms with Gasteiger partial charge in [0.1, 0.15) is 37.4 Å². The molecule has 8 atom stereocenters. The van der Waals surface area contributed by atoms with Crippen LogP contribution in [-0.2, 0) is 183 Å². The molecule has 1 N–H and O–H groups in total. The second kappa shape index (κ2) is 53.3. The Labute approximate surface area is 903 Å². The second-order valence-corrected chi connectivity index (χ2v) is 46.5. The molecule has 0 unspecified atom stereocenters. The fraction of sp³-hybridized carbons (Fsp3) is 0.326. The van der Waals surface area contributed by atoms with Crippen molar-refractivity contribution in [2.24, 2.45) is 34.5 Å². The second-order valence-electron chi connectivity index (χ2n) is 32.7. The van der Waals surface area contributed by atoms with E-state index >= 15 is 0 Å². The van der Waals surface area contributed by atoms with Crippen molar-refractivity contribution < 1.29 is 210 Å². The largest absolute Gasteiger partial charge is 2.00 e. The van der Waals surface area contributed by atoms with E-state index in [0.717, 1.165) is 119 Å². The van der Waals surface area contributed by atoms with Crippen LogP contribution in [0.5, 0.6) is 5.75 Å². The molecule has 680 valence electrons. The van der Waals surface area contributed by atoms with Gasteiger partial charge in [-0.05, 0) is 232 Å². The van der Waals surface area contributed by atoms with Crippen molar-refractivity contribution in [3.05, 3.63) is 287 Å². The van der Waals surface area contributed by atoms with E-state index in [0.29, 0.717) is 58.3 Å². The third-order valence-electron chi connectivity index (χ3n) is 24.9. The van der Waals surface area contributed by atoms with E-state index < -0.39 is 26.0 Å². The SMILES string of the molecule is CC(=O)O.CC1(C)OB(c2ccc3c(c2)CC[C@@H]2[C@@H]3CC[C@]3(C)C(=O)CC[C@@H]23)OC1(C)C.COc1ccc(S(=O)(=O)[N-]c2cccc3ccc4cccnc4c23)cc1.C[C@]12CC[C@@H]3c4cc[c-]cc4CC[C@H]3[C@@H]1CCC2=O.Cc1ccc(S(=O)(=O)[N-]c2cccc3ccc4cccnc4c23)cc1.O=CO[O-].S=S=S=S=S=S=S=S.[H-].[K+].[K+].[Pd+2].[Pd].c1ccncc1.c1ccncc1. The molecule has 7 aliphatic rings. The molecule has 0 radical (unpaired) electrons. The number of aromatic nitrogens is 4. The van der Waals surface area contributed by atoms with E-state index in [4.69, 9.17) is 34.0 Å². The Morgan fingerprint density at radius 1 is 0.562 bits per heavy atom. The van der Waals surface area contributed by atoms with Crippen LogP contribution in [0.15, 0.2) is 253 Å². The number of nitrogens with zero attached hydrogens (tertiary/aromatic N) is 6. The van der Waals surface area contributed by atoms with Crippen LogP contribution in [0.1, 0.15) is 154 Å². The third-order valence-corrected chi connectivity index (χ3v) is 38.6. The standard InChI is InChI=1S/C24H33BO3.C20H15N2O3S.C20H15N2O2S.C18H21O.2C5H5N.C2H4O2.CH2O3.2K.2Pd.S8.H/c1-22(2)23(3,4)28-25(27-22)16-7-9-17-15(14-16)6-8-19-18(17)12-13-24(5)20(19)10-11-21(24)26;1-25-16-9-11-17(12-10-16)26(23,24)22-18-6-2-4-14-7-8-15-5-3-13-21-20(15)19(14)18;1-14-7-11-17(12-8-14)25(23,24)22-18-6-2-4-15-9-10-16-5-3-13-21-20(16)19(15)18;1-18-11-10-14-13-5-3-2-4-12(13)6-7-15(14)16(18)8-9-17(18)19;2*1-2-4-6-5-3-1;1-2(3)4;2-1-4-3;;;;;1-3-5-7-8-6-4-2;/h7,9,14,18-20H,6,8,10-13H2,1-5H3;2-13H,1H3;2-13H,1H3;3-5,14-16H,6-11H2,1H3;2*1-5H;1H3,(H,3,4);1,3H;;;;;;/q;3*-1;;;;;2*+1;;+2;;-1/p-1/t18-,19-,20+,24+;;;14-,15-,16+,18+;;;;;;;;;;/m1..1........../s1. The summed E-state index contributed by atoms with van der Waals surface area (Å²) in [4.78, 5) is 61.7. The molecule has 130 heavy (non-hydrogen) atoms. The van der Waals surface area contributed by atoms with E-state index in [1.165, 1.54) is 79.4 Å². The molecule has 5 heterocycles. The minimum absolute atomic E-state index is 0. The van der Waals surface area contributed by atoms with Crippen LogP contribution in [-0.4, -0.2) is 91.3 Å². The number of rotatable bonds is 9. The van der Waals surface area contributed by atoms with Crippen molar-refractivity contribution in [2.75, 3.05) is 7.11 Å². The summed E-state index contributed by atoms with van der Waals surface area (Å²) in [7, 11) is 2.72. The van der Waals surface area contributed by atoms with Crippen molar-refractivity contribution in [2.45, 2.75) is 165 Å². The van der Waals surface area contributed by atoms with Gasteiger partial charge in [0.2, 0.25) is 0 Å². The Kier molecular flexibility index (Phi) is 46.0. The predicted octanol–water partition coefficient (Wildman–Crippen LogP) is 13.0. The molecule has 19 rings (SSSR count). The molecule has 4 aromatic heterocycles. The number of ketones is 2. The number of aliphatic carboxylic acids is 1. The number of Topliss-reactive ketones (excluding diaryl/α,β-unsaturated/α-hetero) is 2. The van der Waals surface area contributed by atoms with E-state index in [1.807, 2.05) is 104 Å². The van der Waals surface area contributed by atoms with E-state index in [9.17, 15) is 26.4 Å². The van der Waals surface area contributed by atoms with Crippen LogP contribution in [0, 0.1) is 47.5 Å². The van der Waals surface area contributed by atoms with Gasteiger partial charge in [0.25, 0.3) is 12.4 Å². The molecule has 6 aliphatic carbocycles. The summed E-state index contributed by atoms with van der Waals surface area (Å²) in [5.74, 6) is 4.83. The molecule has 12 aromatic rings. The first-order valence-electron chi connectivity index (χ1n) is 41.1. The zero-order chi connectivity index (χ0) is 90.2. The summed E-state index contributed by atoms with van der Waals surface area (Å²) >= 11 is 9.21. The maximum Gasteiger partial charge on any atom is 2.00 e. The molecule has 1 saturated heterocycles. The maximum atomic E-state index is 12.8. The summed E-state index contributed by atoms with van der Waals surface area (Å²) < 4.78 is 76.7. The average molecular weight is 2170 g/mol. The van der Waals surface area contributed by atoms with Crippen molar-refractivity contribution in [1.29, 1.82) is 0 Å². The average Bonchev–Trinajstić information content (AvgIpc) is 1.62. The number of methoxy groups -OCH3 is 1. The topological polar surface area (TPSA) is 297 Å². The number of benzene rings is 8. The first-order valence-corrected chi connectivity index (χ1v) is 53.3. The van der Waals surface area contributed by atoms with Crippen LogP contribution in [0.4, 0.5) is 11.4 Å². The number of carboxylic acids is 1. The van der Waals surface area contributed by atoms with Gasteiger partial charge in [0.15, 0.2) is 0 Å². The van der Waals surface area contributed by atoms with Gasteiger partial charge in [0, 0.05) is 175 Å². The number of pyridine rings is 4. The predicted molar refractivity (Wildman–Crippen MR) is 519 cm³/mol. The van der Waals surface area contributed by atoms with Crippen LogP contribution in [0.3, 0.4) is 0 Å². The Hall–Kier alpha value is -4.72. The Balaban J connectivity index is 0.000000242. The number of carboxylic acid groups (broad SMARTS) is 1. The van der Waals surface area contributed by atoms with E-state index in [-0.39, 0.29) is 190 Å². The molecule has 4 saturated carbocycles. The Bertz CT molecular complexity index is 6260. The molecular formula is C95H100BK2N6O14Pd2S10-. The summed E-state index contributed by atoms with van der Waals surface area (Å²) in [5, 5.41) is 21.0. The Morgan fingerprint density at radius 3 is 1.38 bits per heavy atom. The molecule has 8 aromatic carbocycles. The number of aryl methyl sites for hydroxylation is 3. The minimum Gasteiger partial charge on any atom is -1.00 e. The Morgan fingerprint density at radius 2 is 0.977 bits per heavy atom.